The molecule has 2 N–H and O–H groups in total. The molecule has 0 radical (unpaired) electrons. The summed E-state index contributed by atoms with van der Waals surface area (Å²) in [5.74, 6) is 0. The summed E-state index contributed by atoms with van der Waals surface area (Å²) >= 11 is 6.06. The molecule has 1 saturated heterocycles. The lowest BCUT2D eigenvalue weighted by molar-refractivity contribution is 0.197. The first-order chi connectivity index (χ1) is 7.16. The van der Waals surface area contributed by atoms with Crippen molar-refractivity contribution < 1.29 is 0 Å². The molecule has 1 unspecified atom stereocenters. The van der Waals surface area contributed by atoms with Crippen molar-refractivity contribution in [2.45, 2.75) is 25.4 Å². The molecule has 1 atom stereocenters. The van der Waals surface area contributed by atoms with E-state index in [0.29, 0.717) is 6.04 Å². The van der Waals surface area contributed by atoms with Crippen LogP contribution in [-0.2, 0) is 13.6 Å². The second-order valence-electron chi connectivity index (χ2n) is 4.20. The molecule has 6 heteroatoms. The van der Waals surface area contributed by atoms with E-state index in [1.165, 1.54) is 6.42 Å². The van der Waals surface area contributed by atoms with E-state index in [0.717, 1.165) is 36.8 Å². The predicted molar refractivity (Wildman–Crippen MR) is 68.0 cm³/mol. The van der Waals surface area contributed by atoms with Crippen LogP contribution in [0.3, 0.4) is 0 Å². The van der Waals surface area contributed by atoms with Gasteiger partial charge in [0, 0.05) is 26.2 Å². The lowest BCUT2D eigenvalue weighted by Gasteiger charge is -2.30. The fourth-order valence-corrected chi connectivity index (χ4v) is 2.29. The Bertz CT molecular complexity index is 320. The number of halogens is 2. The Labute approximate surface area is 107 Å². The molecule has 16 heavy (non-hydrogen) atoms. The molecule has 0 spiro atoms. The molecule has 2 rings (SSSR count). The standard InChI is InChI=1S/C10H17ClN4.ClH/c1-14-10(9(11)5-13-14)7-15-4-2-3-8(12)6-15;/h5,8H,2-4,6-7,12H2,1H3;1H. The molecule has 0 bridgehead atoms. The summed E-state index contributed by atoms with van der Waals surface area (Å²) in [5, 5.41) is 4.87. The van der Waals surface area contributed by atoms with Crippen LogP contribution in [-0.4, -0.2) is 33.8 Å². The maximum absolute atomic E-state index is 6.06. The maximum Gasteiger partial charge on any atom is 0.0831 e. The number of aromatic nitrogens is 2. The third-order valence-corrected chi connectivity index (χ3v) is 3.24. The topological polar surface area (TPSA) is 47.1 Å². The van der Waals surface area contributed by atoms with Crippen LogP contribution in [0.2, 0.25) is 5.02 Å². The van der Waals surface area contributed by atoms with Gasteiger partial charge in [-0.1, -0.05) is 11.6 Å². The van der Waals surface area contributed by atoms with Crippen molar-refractivity contribution in [3.8, 4) is 0 Å². The minimum atomic E-state index is 0. The normalized spacial score (nSPS) is 21.8. The summed E-state index contributed by atoms with van der Waals surface area (Å²) in [4.78, 5) is 2.34. The molecule has 0 saturated carbocycles. The van der Waals surface area contributed by atoms with Gasteiger partial charge in [0.2, 0.25) is 0 Å². The monoisotopic (exact) mass is 264 g/mol. The third kappa shape index (κ3) is 3.10. The molecule has 1 fully saturated rings. The van der Waals surface area contributed by atoms with E-state index < -0.39 is 0 Å². The number of hydrogen-bond acceptors (Lipinski definition) is 3. The Morgan fingerprint density at radius 2 is 2.38 bits per heavy atom. The second-order valence-corrected chi connectivity index (χ2v) is 4.61. The summed E-state index contributed by atoms with van der Waals surface area (Å²) in [6, 6.07) is 0.311. The van der Waals surface area contributed by atoms with Gasteiger partial charge in [-0.25, -0.2) is 0 Å². The van der Waals surface area contributed by atoms with Gasteiger partial charge in [0.25, 0.3) is 0 Å². The predicted octanol–water partition coefficient (Wildman–Crippen LogP) is 1.42. The lowest BCUT2D eigenvalue weighted by atomic mass is 10.1. The minimum absolute atomic E-state index is 0. The van der Waals surface area contributed by atoms with Gasteiger partial charge in [-0.2, -0.15) is 5.10 Å². The smallest absolute Gasteiger partial charge is 0.0831 e. The van der Waals surface area contributed by atoms with Crippen molar-refractivity contribution in [2.24, 2.45) is 12.8 Å². The zero-order chi connectivity index (χ0) is 10.8. The number of nitrogens with two attached hydrogens (primary N) is 1. The zero-order valence-electron chi connectivity index (χ0n) is 9.40. The van der Waals surface area contributed by atoms with Crippen molar-refractivity contribution in [1.82, 2.24) is 14.7 Å². The first-order valence-electron chi connectivity index (χ1n) is 5.31. The van der Waals surface area contributed by atoms with Crippen molar-refractivity contribution in [2.75, 3.05) is 13.1 Å². The molecular formula is C10H18Cl2N4. The van der Waals surface area contributed by atoms with E-state index in [4.69, 9.17) is 17.3 Å². The molecule has 1 aliphatic rings. The van der Waals surface area contributed by atoms with Gasteiger partial charge >= 0.3 is 0 Å². The highest BCUT2D eigenvalue weighted by molar-refractivity contribution is 6.31. The van der Waals surface area contributed by atoms with Crippen molar-refractivity contribution >= 4 is 24.0 Å². The Balaban J connectivity index is 0.00000128. The molecule has 0 amide bonds. The quantitative estimate of drug-likeness (QED) is 0.879. The Hall–Kier alpha value is -0.290. The average Bonchev–Trinajstić information content (AvgIpc) is 2.50. The number of piperidine rings is 1. The summed E-state index contributed by atoms with van der Waals surface area (Å²) in [7, 11) is 1.92. The molecule has 2 heterocycles. The van der Waals surface area contributed by atoms with Gasteiger partial charge < -0.3 is 5.73 Å². The Kier molecular flexibility index (Phi) is 5.05. The highest BCUT2D eigenvalue weighted by atomic mass is 35.5. The molecule has 92 valence electrons. The number of hydrogen-bond donors (Lipinski definition) is 1. The van der Waals surface area contributed by atoms with E-state index in [2.05, 4.69) is 10.00 Å². The van der Waals surface area contributed by atoms with Gasteiger partial charge in [-0.3, -0.25) is 9.58 Å². The fraction of sp³-hybridized carbons (Fsp3) is 0.700. The first-order valence-corrected chi connectivity index (χ1v) is 5.69. The van der Waals surface area contributed by atoms with E-state index in [1.54, 1.807) is 6.20 Å². The lowest BCUT2D eigenvalue weighted by Crippen LogP contribution is -2.42. The second kappa shape index (κ2) is 5.87. The summed E-state index contributed by atoms with van der Waals surface area (Å²) in [5.41, 5.74) is 7.01. The number of nitrogens with zero attached hydrogens (tertiary/aromatic N) is 3. The highest BCUT2D eigenvalue weighted by Gasteiger charge is 2.18. The number of aryl methyl sites for hydroxylation is 1. The SMILES string of the molecule is Cl.Cn1ncc(Cl)c1CN1CCCC(N)C1. The number of rotatable bonds is 2. The molecule has 1 aliphatic heterocycles. The van der Waals surface area contributed by atoms with Crippen LogP contribution in [0, 0.1) is 0 Å². The highest BCUT2D eigenvalue weighted by Crippen LogP contribution is 2.18. The molecule has 0 aliphatic carbocycles. The third-order valence-electron chi connectivity index (χ3n) is 2.93. The molecule has 0 aromatic carbocycles. The fourth-order valence-electron chi connectivity index (χ4n) is 2.06. The van der Waals surface area contributed by atoms with Crippen LogP contribution in [0.4, 0.5) is 0 Å². The van der Waals surface area contributed by atoms with Crippen LogP contribution in [0.1, 0.15) is 18.5 Å². The van der Waals surface area contributed by atoms with Crippen LogP contribution < -0.4 is 5.73 Å². The van der Waals surface area contributed by atoms with E-state index in [1.807, 2.05) is 11.7 Å². The number of likely N-dealkylation sites (tertiary alicyclic amines) is 1. The van der Waals surface area contributed by atoms with E-state index >= 15 is 0 Å². The first kappa shape index (κ1) is 13.8. The zero-order valence-corrected chi connectivity index (χ0v) is 11.0. The Morgan fingerprint density at radius 1 is 1.62 bits per heavy atom. The molecule has 4 nitrogen and oxygen atoms in total. The van der Waals surface area contributed by atoms with E-state index in [9.17, 15) is 0 Å². The van der Waals surface area contributed by atoms with Crippen molar-refractivity contribution in [3.63, 3.8) is 0 Å². The molecular weight excluding hydrogens is 247 g/mol. The van der Waals surface area contributed by atoms with Gasteiger partial charge in [-0.05, 0) is 19.4 Å². The molecule has 1 aromatic heterocycles. The largest absolute Gasteiger partial charge is 0.327 e. The van der Waals surface area contributed by atoms with E-state index in [-0.39, 0.29) is 12.4 Å². The average molecular weight is 265 g/mol. The van der Waals surface area contributed by atoms with Crippen molar-refractivity contribution in [1.29, 1.82) is 0 Å². The maximum atomic E-state index is 6.06. The van der Waals surface area contributed by atoms with Crippen LogP contribution in [0.25, 0.3) is 0 Å². The van der Waals surface area contributed by atoms with Gasteiger partial charge in [0.15, 0.2) is 0 Å². The van der Waals surface area contributed by atoms with Gasteiger partial charge in [-0.15, -0.1) is 12.4 Å². The van der Waals surface area contributed by atoms with Crippen molar-refractivity contribution in [3.05, 3.63) is 16.9 Å². The summed E-state index contributed by atoms with van der Waals surface area (Å²) in [6.45, 7) is 2.92. The van der Waals surface area contributed by atoms with Crippen LogP contribution in [0.15, 0.2) is 6.20 Å². The van der Waals surface area contributed by atoms with Crippen LogP contribution >= 0.6 is 24.0 Å². The van der Waals surface area contributed by atoms with Crippen LogP contribution in [0.5, 0.6) is 0 Å². The minimum Gasteiger partial charge on any atom is -0.327 e. The van der Waals surface area contributed by atoms with Gasteiger partial charge in [0.05, 0.1) is 16.9 Å². The Morgan fingerprint density at radius 3 is 2.94 bits per heavy atom. The summed E-state index contributed by atoms with van der Waals surface area (Å²) in [6.07, 6.45) is 4.01. The summed E-state index contributed by atoms with van der Waals surface area (Å²) < 4.78 is 1.84. The van der Waals surface area contributed by atoms with Gasteiger partial charge in [0.1, 0.15) is 0 Å². The molecule has 1 aromatic rings.